The molecule has 2 atom stereocenters. The molecule has 0 aliphatic rings. The van der Waals surface area contributed by atoms with Crippen LogP contribution in [0.5, 0.6) is 5.75 Å². The molecule has 0 aliphatic carbocycles. The molecule has 1 N–H and O–H groups in total. The maximum atomic E-state index is 13.2. The average Bonchev–Trinajstić information content (AvgIpc) is 3.24. The van der Waals surface area contributed by atoms with Crippen LogP contribution in [0, 0.1) is 6.92 Å². The van der Waals surface area contributed by atoms with E-state index in [-0.39, 0.29) is 17.9 Å². The normalized spacial score (nSPS) is 12.9. The first-order valence-electron chi connectivity index (χ1n) is 11.4. The first-order chi connectivity index (χ1) is 16.0. The zero-order valence-electron chi connectivity index (χ0n) is 19.5. The lowest BCUT2D eigenvalue weighted by molar-refractivity contribution is -0.121. The number of rotatable bonds is 9. The molecule has 0 fully saturated rings. The molecule has 0 aliphatic heterocycles. The molecule has 0 saturated carbocycles. The fraction of sp³-hybridized carbons (Fsp3) is 0.286. The van der Waals surface area contributed by atoms with Gasteiger partial charge in [-0.15, -0.1) is 0 Å². The Kier molecular flexibility index (Phi) is 7.08. The molecule has 0 radical (unpaired) electrons. The molecule has 33 heavy (non-hydrogen) atoms. The fourth-order valence-electron chi connectivity index (χ4n) is 4.31. The molecule has 5 nitrogen and oxygen atoms in total. The van der Waals surface area contributed by atoms with Crippen LogP contribution in [-0.4, -0.2) is 28.4 Å². The average molecular weight is 442 g/mol. The lowest BCUT2D eigenvalue weighted by atomic mass is 9.91. The number of nitrogens with zero attached hydrogens (tertiary/aromatic N) is 2. The second-order valence-corrected chi connectivity index (χ2v) is 8.61. The molecule has 2 unspecified atom stereocenters. The number of hydrogen-bond acceptors (Lipinski definition) is 3. The van der Waals surface area contributed by atoms with E-state index in [1.807, 2.05) is 54.9 Å². The monoisotopic (exact) mass is 441 g/mol. The number of ether oxygens (including phenoxy) is 1. The quantitative estimate of drug-likeness (QED) is 0.383. The van der Waals surface area contributed by atoms with Gasteiger partial charge in [0.25, 0.3) is 0 Å². The smallest absolute Gasteiger partial charge is 0.221 e. The van der Waals surface area contributed by atoms with Gasteiger partial charge in [0.2, 0.25) is 5.91 Å². The molecule has 4 aromatic rings. The van der Waals surface area contributed by atoms with Crippen LogP contribution in [0.3, 0.4) is 0 Å². The third-order valence-electron chi connectivity index (χ3n) is 6.07. The van der Waals surface area contributed by atoms with Crippen LogP contribution >= 0.6 is 0 Å². The molecule has 5 heteroatoms. The number of aromatic nitrogens is 2. The maximum absolute atomic E-state index is 13.2. The largest absolute Gasteiger partial charge is 0.496 e. The van der Waals surface area contributed by atoms with Gasteiger partial charge < -0.3 is 14.5 Å². The zero-order chi connectivity index (χ0) is 23.2. The van der Waals surface area contributed by atoms with Gasteiger partial charge in [-0.3, -0.25) is 4.79 Å². The number of methoxy groups -OCH3 is 1. The SMILES string of the molecule is COc1ccccc1C(CC(=O)NC(C)CCc1ccccc1)c1cnc2cc(C)ccn12. The second kappa shape index (κ2) is 10.3. The van der Waals surface area contributed by atoms with Gasteiger partial charge >= 0.3 is 0 Å². The van der Waals surface area contributed by atoms with E-state index < -0.39 is 0 Å². The van der Waals surface area contributed by atoms with Gasteiger partial charge in [0.15, 0.2) is 0 Å². The highest BCUT2D eigenvalue weighted by molar-refractivity contribution is 5.78. The zero-order valence-corrected chi connectivity index (χ0v) is 19.5. The predicted molar refractivity (Wildman–Crippen MR) is 132 cm³/mol. The van der Waals surface area contributed by atoms with E-state index in [0.717, 1.165) is 41.1 Å². The number of benzene rings is 2. The van der Waals surface area contributed by atoms with Crippen molar-refractivity contribution in [3.05, 3.63) is 102 Å². The molecule has 1 amide bonds. The number of aryl methyl sites for hydroxylation is 2. The van der Waals surface area contributed by atoms with Crippen LogP contribution in [0.2, 0.25) is 0 Å². The van der Waals surface area contributed by atoms with Crippen molar-refractivity contribution in [2.24, 2.45) is 0 Å². The van der Waals surface area contributed by atoms with Crippen molar-refractivity contribution in [1.29, 1.82) is 0 Å². The van der Waals surface area contributed by atoms with Gasteiger partial charge in [0.1, 0.15) is 11.4 Å². The molecule has 170 valence electrons. The number of hydrogen-bond donors (Lipinski definition) is 1. The summed E-state index contributed by atoms with van der Waals surface area (Å²) in [7, 11) is 1.67. The number of amides is 1. The minimum Gasteiger partial charge on any atom is -0.496 e. The lowest BCUT2D eigenvalue weighted by Gasteiger charge is -2.21. The van der Waals surface area contributed by atoms with Crippen molar-refractivity contribution in [1.82, 2.24) is 14.7 Å². The number of pyridine rings is 1. The molecule has 0 saturated heterocycles. The first kappa shape index (κ1) is 22.6. The lowest BCUT2D eigenvalue weighted by Crippen LogP contribution is -2.34. The number of fused-ring (bicyclic) bond motifs is 1. The van der Waals surface area contributed by atoms with E-state index in [4.69, 9.17) is 4.74 Å². The van der Waals surface area contributed by atoms with Crippen LogP contribution in [-0.2, 0) is 11.2 Å². The molecule has 4 rings (SSSR count). The first-order valence-corrected chi connectivity index (χ1v) is 11.4. The molecular weight excluding hydrogens is 410 g/mol. The highest BCUT2D eigenvalue weighted by atomic mass is 16.5. The second-order valence-electron chi connectivity index (χ2n) is 8.61. The van der Waals surface area contributed by atoms with E-state index in [1.54, 1.807) is 7.11 Å². The number of nitrogens with one attached hydrogen (secondary N) is 1. The van der Waals surface area contributed by atoms with Crippen molar-refractivity contribution < 1.29 is 9.53 Å². The Labute approximate surface area is 195 Å². The van der Waals surface area contributed by atoms with Crippen LogP contribution in [0.4, 0.5) is 0 Å². The summed E-state index contributed by atoms with van der Waals surface area (Å²) in [5, 5.41) is 3.20. The maximum Gasteiger partial charge on any atom is 0.221 e. The number of para-hydroxylation sites is 1. The van der Waals surface area contributed by atoms with Crippen molar-refractivity contribution in [3.63, 3.8) is 0 Å². The van der Waals surface area contributed by atoms with Crippen LogP contribution in [0.15, 0.2) is 79.1 Å². The van der Waals surface area contributed by atoms with Gasteiger partial charge in [-0.25, -0.2) is 4.98 Å². The van der Waals surface area contributed by atoms with E-state index in [2.05, 4.69) is 52.8 Å². The number of imidazole rings is 1. The minimum absolute atomic E-state index is 0.0218. The Hall–Kier alpha value is -3.60. The Balaban J connectivity index is 1.55. The van der Waals surface area contributed by atoms with Gasteiger partial charge in [0.05, 0.1) is 12.8 Å². The molecule has 2 aromatic heterocycles. The molecule has 2 aromatic carbocycles. The topological polar surface area (TPSA) is 55.6 Å². The summed E-state index contributed by atoms with van der Waals surface area (Å²) in [6.07, 6.45) is 6.04. The summed E-state index contributed by atoms with van der Waals surface area (Å²) in [6, 6.07) is 22.5. The highest BCUT2D eigenvalue weighted by Gasteiger charge is 2.25. The van der Waals surface area contributed by atoms with Crippen molar-refractivity contribution in [2.45, 2.75) is 45.1 Å². The summed E-state index contributed by atoms with van der Waals surface area (Å²) in [6.45, 7) is 4.12. The Morgan fingerprint density at radius 2 is 1.85 bits per heavy atom. The van der Waals surface area contributed by atoms with Gasteiger partial charge in [0, 0.05) is 36.3 Å². The van der Waals surface area contributed by atoms with Crippen LogP contribution in [0.1, 0.15) is 48.1 Å². The standard InChI is InChI=1S/C28H31N3O2/c1-20-15-16-31-25(19-29-27(31)17-20)24(23-11-7-8-12-26(23)33-3)18-28(32)30-21(2)13-14-22-9-5-4-6-10-22/h4-12,15-17,19,21,24H,13-14,18H2,1-3H3,(H,30,32). The van der Waals surface area contributed by atoms with E-state index >= 15 is 0 Å². The summed E-state index contributed by atoms with van der Waals surface area (Å²) < 4.78 is 7.71. The summed E-state index contributed by atoms with van der Waals surface area (Å²) in [5.74, 6) is 0.614. The molecule has 0 bridgehead atoms. The number of carbonyl (C=O) groups excluding carboxylic acids is 1. The summed E-state index contributed by atoms with van der Waals surface area (Å²) in [4.78, 5) is 17.8. The Morgan fingerprint density at radius 1 is 1.09 bits per heavy atom. The van der Waals surface area contributed by atoms with Gasteiger partial charge in [-0.1, -0.05) is 48.5 Å². The number of carbonyl (C=O) groups is 1. The van der Waals surface area contributed by atoms with Crippen LogP contribution < -0.4 is 10.1 Å². The third kappa shape index (κ3) is 5.43. The summed E-state index contributed by atoms with van der Waals surface area (Å²) >= 11 is 0. The Bertz CT molecular complexity index is 1220. The van der Waals surface area contributed by atoms with E-state index in [0.29, 0.717) is 6.42 Å². The molecule has 0 spiro atoms. The van der Waals surface area contributed by atoms with E-state index in [1.165, 1.54) is 5.56 Å². The third-order valence-corrected chi connectivity index (χ3v) is 6.07. The molecule has 2 heterocycles. The fourth-order valence-corrected chi connectivity index (χ4v) is 4.31. The molecular formula is C28H31N3O2. The summed E-state index contributed by atoms with van der Waals surface area (Å²) in [5.41, 5.74) is 5.27. The van der Waals surface area contributed by atoms with Crippen LogP contribution in [0.25, 0.3) is 5.65 Å². The van der Waals surface area contributed by atoms with Crippen molar-refractivity contribution >= 4 is 11.6 Å². The van der Waals surface area contributed by atoms with Gasteiger partial charge in [-0.2, -0.15) is 0 Å². The predicted octanol–water partition coefficient (Wildman–Crippen LogP) is 5.31. The van der Waals surface area contributed by atoms with Crippen molar-refractivity contribution in [2.75, 3.05) is 7.11 Å². The van der Waals surface area contributed by atoms with Gasteiger partial charge in [-0.05, 0) is 56.0 Å². The van der Waals surface area contributed by atoms with E-state index in [9.17, 15) is 4.79 Å². The minimum atomic E-state index is -0.180. The highest BCUT2D eigenvalue weighted by Crippen LogP contribution is 2.34. The Morgan fingerprint density at radius 3 is 2.64 bits per heavy atom. The van der Waals surface area contributed by atoms with Crippen molar-refractivity contribution in [3.8, 4) is 5.75 Å².